The van der Waals surface area contributed by atoms with Crippen LogP contribution in [0.5, 0.6) is 23.0 Å². The van der Waals surface area contributed by atoms with E-state index in [4.69, 9.17) is 18.9 Å². The topological polar surface area (TPSA) is 73.3 Å². The number of benzene rings is 2. The monoisotopic (exact) mass is 543 g/mol. The number of ether oxygens (including phenoxy) is 4. The summed E-state index contributed by atoms with van der Waals surface area (Å²) in [5.41, 5.74) is 2.12. The van der Waals surface area contributed by atoms with E-state index in [1.54, 1.807) is 35.5 Å². The molecule has 0 saturated carbocycles. The van der Waals surface area contributed by atoms with Gasteiger partial charge in [-0.15, -0.1) is 24.0 Å². The van der Waals surface area contributed by atoms with Gasteiger partial charge in [0.15, 0.2) is 17.5 Å². The van der Waals surface area contributed by atoms with Crippen LogP contribution in [-0.4, -0.2) is 48.0 Å². The standard InChI is InChI=1S/C23H33N3O4.HI/c1-23(2,17-8-10-18(27-4)11-9-17)15-26-22(24-3)25-14-16-12-19(28-5)21(30-7)20(13-16)29-6;/h8-13H,14-15H2,1-7H3,(H2,24,25,26);1H. The number of nitrogens with zero attached hydrogens (tertiary/aromatic N) is 1. The summed E-state index contributed by atoms with van der Waals surface area (Å²) in [5.74, 6) is 3.39. The van der Waals surface area contributed by atoms with Crippen molar-refractivity contribution in [3.8, 4) is 23.0 Å². The molecule has 0 aliphatic rings. The van der Waals surface area contributed by atoms with E-state index in [1.165, 1.54) is 5.56 Å². The van der Waals surface area contributed by atoms with Crippen LogP contribution in [0, 0.1) is 0 Å². The Bertz CT molecular complexity index is 829. The van der Waals surface area contributed by atoms with E-state index < -0.39 is 0 Å². The van der Waals surface area contributed by atoms with Crippen molar-refractivity contribution in [2.75, 3.05) is 42.0 Å². The lowest BCUT2D eigenvalue weighted by Crippen LogP contribution is -2.43. The second-order valence-electron chi connectivity index (χ2n) is 7.43. The maximum atomic E-state index is 5.42. The zero-order valence-electron chi connectivity index (χ0n) is 19.4. The second-order valence-corrected chi connectivity index (χ2v) is 7.43. The Morgan fingerprint density at radius 1 is 0.871 bits per heavy atom. The average molecular weight is 543 g/mol. The number of methoxy groups -OCH3 is 4. The fraction of sp³-hybridized carbons (Fsp3) is 0.435. The third kappa shape index (κ3) is 7.09. The molecule has 0 aliphatic carbocycles. The Morgan fingerprint density at radius 2 is 1.45 bits per heavy atom. The molecule has 0 aliphatic heterocycles. The highest BCUT2D eigenvalue weighted by Gasteiger charge is 2.21. The van der Waals surface area contributed by atoms with Gasteiger partial charge >= 0.3 is 0 Å². The van der Waals surface area contributed by atoms with Crippen LogP contribution >= 0.6 is 24.0 Å². The first kappa shape index (κ1) is 26.7. The van der Waals surface area contributed by atoms with Crippen LogP contribution in [0.2, 0.25) is 0 Å². The maximum Gasteiger partial charge on any atom is 0.203 e. The number of guanidine groups is 1. The Hall–Kier alpha value is -2.36. The minimum Gasteiger partial charge on any atom is -0.497 e. The normalized spacial score (nSPS) is 11.3. The smallest absolute Gasteiger partial charge is 0.203 e. The molecule has 0 saturated heterocycles. The fourth-order valence-electron chi connectivity index (χ4n) is 3.09. The molecule has 2 aromatic carbocycles. The van der Waals surface area contributed by atoms with Crippen LogP contribution < -0.4 is 29.6 Å². The molecule has 31 heavy (non-hydrogen) atoms. The molecule has 0 fully saturated rings. The van der Waals surface area contributed by atoms with E-state index in [0.29, 0.717) is 36.3 Å². The fourth-order valence-corrected chi connectivity index (χ4v) is 3.09. The Balaban J connectivity index is 0.00000480. The zero-order valence-corrected chi connectivity index (χ0v) is 21.7. The number of aliphatic imine (C=N–C) groups is 1. The minimum atomic E-state index is -0.0869. The molecule has 7 nitrogen and oxygen atoms in total. The van der Waals surface area contributed by atoms with Gasteiger partial charge in [-0.2, -0.15) is 0 Å². The minimum absolute atomic E-state index is 0. The molecule has 0 radical (unpaired) electrons. The first-order chi connectivity index (χ1) is 14.4. The molecule has 0 spiro atoms. The number of halogens is 1. The maximum absolute atomic E-state index is 5.42. The van der Waals surface area contributed by atoms with Gasteiger partial charge in [0.2, 0.25) is 5.75 Å². The quantitative estimate of drug-likeness (QED) is 0.283. The van der Waals surface area contributed by atoms with Gasteiger partial charge in [-0.1, -0.05) is 26.0 Å². The molecule has 8 heteroatoms. The van der Waals surface area contributed by atoms with Gasteiger partial charge in [0, 0.05) is 25.6 Å². The van der Waals surface area contributed by atoms with E-state index in [0.717, 1.165) is 11.3 Å². The third-order valence-corrected chi connectivity index (χ3v) is 4.98. The number of hydrogen-bond acceptors (Lipinski definition) is 5. The average Bonchev–Trinajstić information content (AvgIpc) is 2.78. The Labute approximate surface area is 202 Å². The third-order valence-electron chi connectivity index (χ3n) is 4.98. The summed E-state index contributed by atoms with van der Waals surface area (Å²) >= 11 is 0. The first-order valence-electron chi connectivity index (χ1n) is 9.76. The van der Waals surface area contributed by atoms with Crippen molar-refractivity contribution in [1.29, 1.82) is 0 Å². The molecule has 0 bridgehead atoms. The molecule has 0 atom stereocenters. The van der Waals surface area contributed by atoms with Gasteiger partial charge in [0.1, 0.15) is 5.75 Å². The zero-order chi connectivity index (χ0) is 22.1. The molecule has 0 unspecified atom stereocenters. The van der Waals surface area contributed by atoms with Crippen molar-refractivity contribution in [2.45, 2.75) is 25.8 Å². The van der Waals surface area contributed by atoms with Crippen LogP contribution in [0.1, 0.15) is 25.0 Å². The molecular formula is C23H34IN3O4. The SMILES string of the molecule is CN=C(NCc1cc(OC)c(OC)c(OC)c1)NCC(C)(C)c1ccc(OC)cc1.I. The Morgan fingerprint density at radius 3 is 1.90 bits per heavy atom. The highest BCUT2D eigenvalue weighted by atomic mass is 127. The van der Waals surface area contributed by atoms with Crippen molar-refractivity contribution in [2.24, 2.45) is 4.99 Å². The summed E-state index contributed by atoms with van der Waals surface area (Å²) in [7, 11) is 8.23. The van der Waals surface area contributed by atoms with Crippen LogP contribution in [0.4, 0.5) is 0 Å². The molecular weight excluding hydrogens is 509 g/mol. The van der Waals surface area contributed by atoms with E-state index in [2.05, 4.69) is 41.6 Å². The molecule has 0 aromatic heterocycles. The van der Waals surface area contributed by atoms with Crippen molar-refractivity contribution >= 4 is 29.9 Å². The molecule has 2 aromatic rings. The number of hydrogen-bond donors (Lipinski definition) is 2. The van der Waals surface area contributed by atoms with E-state index in [9.17, 15) is 0 Å². The van der Waals surface area contributed by atoms with Gasteiger partial charge in [-0.05, 0) is 35.4 Å². The lowest BCUT2D eigenvalue weighted by atomic mass is 9.84. The van der Waals surface area contributed by atoms with Gasteiger partial charge in [0.25, 0.3) is 0 Å². The van der Waals surface area contributed by atoms with Gasteiger partial charge in [-0.25, -0.2) is 0 Å². The van der Waals surface area contributed by atoms with Crippen LogP contribution in [0.3, 0.4) is 0 Å². The second kappa shape index (κ2) is 12.5. The van der Waals surface area contributed by atoms with E-state index >= 15 is 0 Å². The molecule has 172 valence electrons. The van der Waals surface area contributed by atoms with E-state index in [1.807, 2.05) is 24.3 Å². The summed E-state index contributed by atoms with van der Waals surface area (Å²) in [6.45, 7) is 5.65. The largest absolute Gasteiger partial charge is 0.497 e. The summed E-state index contributed by atoms with van der Waals surface area (Å²) in [6.07, 6.45) is 0. The molecule has 0 heterocycles. The van der Waals surface area contributed by atoms with Crippen molar-refractivity contribution in [1.82, 2.24) is 10.6 Å². The number of nitrogens with one attached hydrogen (secondary N) is 2. The lowest BCUT2D eigenvalue weighted by Gasteiger charge is -2.27. The van der Waals surface area contributed by atoms with Gasteiger partial charge in [-0.3, -0.25) is 4.99 Å². The van der Waals surface area contributed by atoms with Crippen molar-refractivity contribution in [3.63, 3.8) is 0 Å². The Kier molecular flexibility index (Phi) is 10.7. The highest BCUT2D eigenvalue weighted by Crippen LogP contribution is 2.38. The van der Waals surface area contributed by atoms with Crippen molar-refractivity contribution in [3.05, 3.63) is 47.5 Å². The summed E-state index contributed by atoms with van der Waals surface area (Å²) < 4.78 is 21.5. The lowest BCUT2D eigenvalue weighted by molar-refractivity contribution is 0.323. The molecule has 0 amide bonds. The van der Waals surface area contributed by atoms with Crippen LogP contribution in [0.15, 0.2) is 41.4 Å². The predicted molar refractivity (Wildman–Crippen MR) is 136 cm³/mol. The van der Waals surface area contributed by atoms with Crippen molar-refractivity contribution < 1.29 is 18.9 Å². The van der Waals surface area contributed by atoms with Crippen LogP contribution in [0.25, 0.3) is 0 Å². The molecule has 2 N–H and O–H groups in total. The highest BCUT2D eigenvalue weighted by molar-refractivity contribution is 14.0. The summed E-state index contributed by atoms with van der Waals surface area (Å²) in [5, 5.41) is 6.74. The molecule has 2 rings (SSSR count). The summed E-state index contributed by atoms with van der Waals surface area (Å²) in [4.78, 5) is 4.33. The number of rotatable bonds is 9. The summed E-state index contributed by atoms with van der Waals surface area (Å²) in [6, 6.07) is 12.0. The van der Waals surface area contributed by atoms with Gasteiger partial charge in [0.05, 0.1) is 28.4 Å². The van der Waals surface area contributed by atoms with Gasteiger partial charge < -0.3 is 29.6 Å². The van der Waals surface area contributed by atoms with E-state index in [-0.39, 0.29) is 29.4 Å². The van der Waals surface area contributed by atoms with Crippen LogP contribution in [-0.2, 0) is 12.0 Å². The first-order valence-corrected chi connectivity index (χ1v) is 9.76. The predicted octanol–water partition coefficient (Wildman–Crippen LogP) is 3.98.